The topological polar surface area (TPSA) is 66.5 Å². The summed E-state index contributed by atoms with van der Waals surface area (Å²) in [5, 5.41) is 2.86. The molecule has 1 aliphatic heterocycles. The minimum atomic E-state index is -1.21. The van der Waals surface area contributed by atoms with Gasteiger partial charge in [-0.1, -0.05) is 54.6 Å². The number of amides is 3. The van der Waals surface area contributed by atoms with Crippen molar-refractivity contribution in [2.75, 3.05) is 11.9 Å². The lowest BCUT2D eigenvalue weighted by molar-refractivity contribution is -0.140. The smallest absolute Gasteiger partial charge is 0.235 e. The van der Waals surface area contributed by atoms with Crippen LogP contribution in [0, 0.1) is 25.7 Å². The second kappa shape index (κ2) is 7.92. The van der Waals surface area contributed by atoms with Crippen LogP contribution in [0.1, 0.15) is 39.8 Å². The van der Waals surface area contributed by atoms with Crippen LogP contribution in [0.15, 0.2) is 66.7 Å². The third kappa shape index (κ3) is 2.93. The van der Waals surface area contributed by atoms with E-state index in [1.54, 1.807) is 0 Å². The lowest BCUT2D eigenvalue weighted by Crippen LogP contribution is -2.57. The van der Waals surface area contributed by atoms with Crippen molar-refractivity contribution in [2.45, 2.75) is 30.0 Å². The number of alkyl halides is 2. The number of hydrogen-bond acceptors (Lipinski definition) is 3. The normalized spacial score (nSPS) is 27.5. The molecule has 0 radical (unpaired) electrons. The molecule has 1 heterocycles. The van der Waals surface area contributed by atoms with Crippen molar-refractivity contribution in [2.24, 2.45) is 11.8 Å². The summed E-state index contributed by atoms with van der Waals surface area (Å²) in [5.41, 5.74) is 5.92. The van der Waals surface area contributed by atoms with Crippen molar-refractivity contribution in [3.8, 4) is 0 Å². The van der Waals surface area contributed by atoms with Crippen LogP contribution in [0.2, 0.25) is 0 Å². The van der Waals surface area contributed by atoms with Crippen molar-refractivity contribution in [3.05, 3.63) is 100 Å². The number of halogens is 2. The Morgan fingerprint density at radius 2 is 1.28 bits per heavy atom. The van der Waals surface area contributed by atoms with Gasteiger partial charge in [0.25, 0.3) is 0 Å². The number of rotatable bonds is 4. The maximum atomic E-state index is 13.8. The van der Waals surface area contributed by atoms with Gasteiger partial charge >= 0.3 is 0 Å². The summed E-state index contributed by atoms with van der Waals surface area (Å²) in [6.07, 6.45) is -0.0195. The predicted molar refractivity (Wildman–Crippen MR) is 139 cm³/mol. The van der Waals surface area contributed by atoms with E-state index in [1.165, 1.54) is 4.90 Å². The molecule has 0 spiro atoms. The lowest BCUT2D eigenvalue weighted by Gasteiger charge is -2.54. The average Bonchev–Trinajstić information content (AvgIpc) is 3.14. The number of nitrogens with one attached hydrogen (secondary N) is 1. The molecule has 7 rings (SSSR count). The second-order valence-electron chi connectivity index (χ2n) is 9.90. The molecule has 36 heavy (non-hydrogen) atoms. The molecule has 182 valence electrons. The summed E-state index contributed by atoms with van der Waals surface area (Å²) in [6, 6.07) is 20.7. The van der Waals surface area contributed by atoms with Crippen LogP contribution in [-0.4, -0.2) is 29.2 Å². The Labute approximate surface area is 219 Å². The van der Waals surface area contributed by atoms with Crippen molar-refractivity contribution in [1.29, 1.82) is 0 Å². The molecule has 3 aromatic carbocycles. The fourth-order valence-electron chi connectivity index (χ4n) is 6.20. The number of imide groups is 1. The summed E-state index contributed by atoms with van der Waals surface area (Å²) in [4.78, 5) is 39.0. The van der Waals surface area contributed by atoms with Gasteiger partial charge in [0.2, 0.25) is 17.7 Å². The number of anilines is 1. The van der Waals surface area contributed by atoms with Crippen LogP contribution >= 0.6 is 23.2 Å². The predicted octanol–water partition coefficient (Wildman–Crippen LogP) is 5.23. The Hall–Kier alpha value is -3.15. The van der Waals surface area contributed by atoms with E-state index in [2.05, 4.69) is 5.32 Å². The molecule has 2 atom stereocenters. The minimum absolute atomic E-state index is 0.0195. The van der Waals surface area contributed by atoms with Gasteiger partial charge < -0.3 is 5.32 Å². The van der Waals surface area contributed by atoms with Gasteiger partial charge in [0.15, 0.2) is 0 Å². The summed E-state index contributed by atoms with van der Waals surface area (Å²) in [6.45, 7) is 3.94. The highest BCUT2D eigenvalue weighted by Crippen LogP contribution is 2.69. The van der Waals surface area contributed by atoms with Crippen LogP contribution in [0.25, 0.3) is 0 Å². The highest BCUT2D eigenvalue weighted by atomic mass is 35.5. The van der Waals surface area contributed by atoms with Gasteiger partial charge in [0.1, 0.15) is 9.75 Å². The van der Waals surface area contributed by atoms with E-state index in [4.69, 9.17) is 23.2 Å². The molecule has 1 fully saturated rings. The number of carbonyl (C=O) groups is 3. The monoisotopic (exact) mass is 518 g/mol. The Bertz CT molecular complexity index is 1340. The molecule has 5 nitrogen and oxygen atoms in total. The molecule has 0 aromatic heterocycles. The first kappa shape index (κ1) is 23.3. The van der Waals surface area contributed by atoms with Gasteiger partial charge in [0, 0.05) is 18.7 Å². The Morgan fingerprint density at radius 1 is 0.806 bits per heavy atom. The molecule has 3 amide bonds. The number of nitrogens with zero attached hydrogens (tertiary/aromatic N) is 1. The largest absolute Gasteiger partial charge is 0.326 e. The zero-order valence-corrected chi connectivity index (χ0v) is 21.4. The first-order chi connectivity index (χ1) is 17.2. The fourth-order valence-corrected chi connectivity index (χ4v) is 7.30. The first-order valence-corrected chi connectivity index (χ1v) is 12.7. The van der Waals surface area contributed by atoms with Gasteiger partial charge in [-0.25, -0.2) is 0 Å². The van der Waals surface area contributed by atoms with Gasteiger partial charge in [-0.2, -0.15) is 0 Å². The van der Waals surface area contributed by atoms with Crippen molar-refractivity contribution in [3.63, 3.8) is 0 Å². The van der Waals surface area contributed by atoms with E-state index in [0.29, 0.717) is 5.69 Å². The SMILES string of the molecule is Cc1ccc(NC(=O)CCN2C(=O)[C@H]3[C@H](C2=O)C2(Cl)c4ccccc4C3(Cl)c3ccccc32)cc1C. The van der Waals surface area contributed by atoms with Gasteiger partial charge in [-0.05, 0) is 59.4 Å². The molecular formula is C29H24Cl2N2O3. The fraction of sp³-hybridized carbons (Fsp3) is 0.276. The number of likely N-dealkylation sites (tertiary alicyclic amines) is 1. The van der Waals surface area contributed by atoms with Crippen LogP contribution in [0.4, 0.5) is 5.69 Å². The van der Waals surface area contributed by atoms with Crippen molar-refractivity contribution >= 4 is 46.6 Å². The van der Waals surface area contributed by atoms with Gasteiger partial charge in [-0.15, -0.1) is 23.2 Å². The first-order valence-electron chi connectivity index (χ1n) is 12.0. The molecule has 0 saturated carbocycles. The molecular weight excluding hydrogens is 495 g/mol. The standard InChI is InChI=1S/C29H24Cl2N2O3/c1-16-11-12-18(15-17(16)2)32-23(34)13-14-33-26(35)24-25(27(33)36)29(31)20-8-4-3-7-19(20)28(24,30)21-9-5-6-10-22(21)29/h3-12,15,24-25H,13-14H2,1-2H3,(H,32,34)/t24-,25-,28?,29?/m1/s1. The Balaban J connectivity index is 1.33. The van der Waals surface area contributed by atoms with E-state index >= 15 is 0 Å². The second-order valence-corrected chi connectivity index (χ2v) is 11.1. The van der Waals surface area contributed by atoms with Crippen LogP contribution < -0.4 is 5.32 Å². The van der Waals surface area contributed by atoms with Crippen LogP contribution in [0.5, 0.6) is 0 Å². The number of hydrogen-bond donors (Lipinski definition) is 1. The van der Waals surface area contributed by atoms with E-state index < -0.39 is 21.6 Å². The van der Waals surface area contributed by atoms with E-state index in [1.807, 2.05) is 80.6 Å². The quantitative estimate of drug-likeness (QED) is 0.380. The minimum Gasteiger partial charge on any atom is -0.326 e. The zero-order valence-electron chi connectivity index (χ0n) is 19.8. The summed E-state index contributed by atoms with van der Waals surface area (Å²) in [7, 11) is 0. The molecule has 3 aliphatic carbocycles. The van der Waals surface area contributed by atoms with Gasteiger partial charge in [-0.3, -0.25) is 19.3 Å². The third-order valence-electron chi connectivity index (χ3n) is 8.03. The van der Waals surface area contributed by atoms with Gasteiger partial charge in [0.05, 0.1) is 11.8 Å². The summed E-state index contributed by atoms with van der Waals surface area (Å²) >= 11 is 14.8. The van der Waals surface area contributed by atoms with Crippen molar-refractivity contribution < 1.29 is 14.4 Å². The molecule has 4 aliphatic rings. The molecule has 7 heteroatoms. The maximum Gasteiger partial charge on any atom is 0.235 e. The van der Waals surface area contributed by atoms with E-state index in [0.717, 1.165) is 33.4 Å². The molecule has 0 unspecified atom stereocenters. The Morgan fingerprint density at radius 3 is 1.72 bits per heavy atom. The van der Waals surface area contributed by atoms with Crippen LogP contribution in [-0.2, 0) is 24.1 Å². The average molecular weight is 519 g/mol. The molecule has 1 N–H and O–H groups in total. The van der Waals surface area contributed by atoms with E-state index in [-0.39, 0.29) is 30.7 Å². The molecule has 1 saturated heterocycles. The van der Waals surface area contributed by atoms with E-state index in [9.17, 15) is 14.4 Å². The van der Waals surface area contributed by atoms with Crippen molar-refractivity contribution in [1.82, 2.24) is 4.90 Å². The molecule has 2 bridgehead atoms. The maximum absolute atomic E-state index is 13.8. The third-order valence-corrected chi connectivity index (χ3v) is 9.31. The number of benzene rings is 3. The van der Waals surface area contributed by atoms with Crippen LogP contribution in [0.3, 0.4) is 0 Å². The highest BCUT2D eigenvalue weighted by molar-refractivity contribution is 6.36. The Kier molecular flexibility index (Phi) is 5.12. The number of carbonyl (C=O) groups excluding carboxylic acids is 3. The lowest BCUT2D eigenvalue weighted by atomic mass is 9.54. The summed E-state index contributed by atoms with van der Waals surface area (Å²) < 4.78 is 0. The molecule has 3 aromatic rings. The highest BCUT2D eigenvalue weighted by Gasteiger charge is 2.72. The number of aryl methyl sites for hydroxylation is 2. The summed E-state index contributed by atoms with van der Waals surface area (Å²) in [5.74, 6) is -2.74. The zero-order chi connectivity index (χ0) is 25.4.